The van der Waals surface area contributed by atoms with E-state index in [0.29, 0.717) is 17.3 Å². The number of sulfone groups is 1. The number of rotatable bonds is 3. The van der Waals surface area contributed by atoms with Crippen LogP contribution in [0.15, 0.2) is 35.5 Å². The largest absolute Gasteiger partial charge is 0.417 e. The minimum atomic E-state index is -4.66. The maximum absolute atomic E-state index is 13.0. The molecule has 1 aliphatic rings. The maximum atomic E-state index is 13.0. The first-order chi connectivity index (χ1) is 13.5. The molecule has 0 fully saturated rings. The lowest BCUT2D eigenvalue weighted by Gasteiger charge is -2.14. The molecule has 0 unspecified atom stereocenters. The fourth-order valence-electron chi connectivity index (χ4n) is 3.11. The first kappa shape index (κ1) is 19.6. The van der Waals surface area contributed by atoms with E-state index < -0.39 is 27.5 Å². The average molecular weight is 445 g/mol. The van der Waals surface area contributed by atoms with Gasteiger partial charge in [-0.1, -0.05) is 18.5 Å². The Kier molecular flexibility index (Phi) is 4.35. The van der Waals surface area contributed by atoms with Gasteiger partial charge in [0, 0.05) is 12.4 Å². The average Bonchev–Trinajstić information content (AvgIpc) is 3.18. The molecule has 0 bridgehead atoms. The molecule has 0 aromatic carbocycles. The summed E-state index contributed by atoms with van der Waals surface area (Å²) >= 11 is 5.94. The molecule has 0 radical (unpaired) electrons. The summed E-state index contributed by atoms with van der Waals surface area (Å²) < 4.78 is 65.6. The number of carbonyl (C=O) groups excluding carboxylic acids is 1. The van der Waals surface area contributed by atoms with Crippen LogP contribution in [0.25, 0.3) is 5.52 Å². The lowest BCUT2D eigenvalue weighted by molar-refractivity contribution is -0.137. The molecule has 7 nitrogen and oxygen atoms in total. The fraction of sp³-hybridized carbons (Fsp3) is 0.235. The predicted molar refractivity (Wildman–Crippen MR) is 97.7 cm³/mol. The molecule has 29 heavy (non-hydrogen) atoms. The van der Waals surface area contributed by atoms with Crippen LogP contribution in [0.3, 0.4) is 0 Å². The minimum Gasteiger partial charge on any atom is -0.284 e. The topological polar surface area (TPSA) is 84.6 Å². The standard InChI is InChI=1S/C17H12ClF3N4O3S/c1-2-29(27,28)14-13-4-3-10(18)7-25(13)23-15(14)24-8-12-11(16(24)26)5-9(6-22-12)17(19,20)21/h3-7H,2,8H2,1H3. The molecule has 0 aliphatic carbocycles. The molecule has 0 atom stereocenters. The van der Waals surface area contributed by atoms with Crippen molar-refractivity contribution in [1.29, 1.82) is 0 Å². The van der Waals surface area contributed by atoms with Gasteiger partial charge in [0.15, 0.2) is 15.7 Å². The van der Waals surface area contributed by atoms with Crippen molar-refractivity contribution in [2.75, 3.05) is 10.7 Å². The molecule has 4 rings (SSSR count). The fourth-order valence-corrected chi connectivity index (χ4v) is 4.46. The molecule has 152 valence electrons. The summed E-state index contributed by atoms with van der Waals surface area (Å²) in [6, 6.07) is 3.65. The number of anilines is 1. The Hall–Kier alpha value is -2.66. The summed E-state index contributed by atoms with van der Waals surface area (Å²) in [5, 5.41) is 4.47. The van der Waals surface area contributed by atoms with Crippen LogP contribution in [0.2, 0.25) is 5.02 Å². The Morgan fingerprint density at radius 2 is 2.00 bits per heavy atom. The second-order valence-electron chi connectivity index (χ2n) is 6.34. The summed E-state index contributed by atoms with van der Waals surface area (Å²) in [7, 11) is -3.83. The van der Waals surface area contributed by atoms with Gasteiger partial charge in [0.25, 0.3) is 5.91 Å². The number of amides is 1. The van der Waals surface area contributed by atoms with Crippen LogP contribution in [0.5, 0.6) is 0 Å². The van der Waals surface area contributed by atoms with Crippen molar-refractivity contribution < 1.29 is 26.4 Å². The molecule has 12 heteroatoms. The van der Waals surface area contributed by atoms with Crippen LogP contribution in [0, 0.1) is 0 Å². The van der Waals surface area contributed by atoms with E-state index >= 15 is 0 Å². The zero-order valence-electron chi connectivity index (χ0n) is 14.7. The Labute approximate surface area is 167 Å². The third-order valence-electron chi connectivity index (χ3n) is 4.56. The van der Waals surface area contributed by atoms with Gasteiger partial charge in [-0.15, -0.1) is 5.10 Å². The van der Waals surface area contributed by atoms with E-state index in [2.05, 4.69) is 10.1 Å². The second-order valence-corrected chi connectivity index (χ2v) is 8.99. The molecule has 4 heterocycles. The van der Waals surface area contributed by atoms with Gasteiger partial charge in [0.2, 0.25) is 0 Å². The third-order valence-corrected chi connectivity index (χ3v) is 6.56. The normalized spacial score (nSPS) is 14.7. The number of halogens is 4. The number of hydrogen-bond acceptors (Lipinski definition) is 5. The Morgan fingerprint density at radius 1 is 1.28 bits per heavy atom. The third kappa shape index (κ3) is 3.14. The van der Waals surface area contributed by atoms with Gasteiger partial charge >= 0.3 is 6.18 Å². The second kappa shape index (κ2) is 6.42. The van der Waals surface area contributed by atoms with E-state index in [0.717, 1.165) is 4.90 Å². The van der Waals surface area contributed by atoms with Gasteiger partial charge in [0.1, 0.15) is 4.90 Å². The Bertz CT molecular complexity index is 1270. The quantitative estimate of drug-likeness (QED) is 0.618. The number of pyridine rings is 2. The molecule has 3 aromatic heterocycles. The van der Waals surface area contributed by atoms with Crippen molar-refractivity contribution in [3.63, 3.8) is 0 Å². The summed E-state index contributed by atoms with van der Waals surface area (Å²) in [5.41, 5.74) is -0.985. The lowest BCUT2D eigenvalue weighted by atomic mass is 10.1. The number of carbonyl (C=O) groups is 1. The van der Waals surface area contributed by atoms with E-state index in [1.807, 2.05) is 0 Å². The molecule has 1 amide bonds. The summed E-state index contributed by atoms with van der Waals surface area (Å²) in [4.78, 5) is 17.4. The highest BCUT2D eigenvalue weighted by atomic mass is 35.5. The highest BCUT2D eigenvalue weighted by Crippen LogP contribution is 2.37. The monoisotopic (exact) mass is 444 g/mol. The van der Waals surface area contributed by atoms with Crippen LogP contribution in [-0.4, -0.2) is 34.7 Å². The van der Waals surface area contributed by atoms with Gasteiger partial charge in [-0.2, -0.15) is 13.2 Å². The first-order valence-electron chi connectivity index (χ1n) is 8.31. The summed E-state index contributed by atoms with van der Waals surface area (Å²) in [5.74, 6) is -1.23. The molecule has 0 N–H and O–H groups in total. The van der Waals surface area contributed by atoms with Crippen molar-refractivity contribution >= 4 is 38.7 Å². The van der Waals surface area contributed by atoms with Crippen LogP contribution in [0.4, 0.5) is 19.0 Å². The highest BCUT2D eigenvalue weighted by Gasteiger charge is 2.39. The van der Waals surface area contributed by atoms with Crippen LogP contribution in [0.1, 0.15) is 28.5 Å². The highest BCUT2D eigenvalue weighted by molar-refractivity contribution is 7.91. The van der Waals surface area contributed by atoms with Crippen molar-refractivity contribution in [2.24, 2.45) is 0 Å². The van der Waals surface area contributed by atoms with Crippen molar-refractivity contribution in [2.45, 2.75) is 24.5 Å². The number of alkyl halides is 3. The van der Waals surface area contributed by atoms with Gasteiger partial charge in [0.05, 0.1) is 39.7 Å². The summed E-state index contributed by atoms with van der Waals surface area (Å²) in [6.45, 7) is 1.24. The van der Waals surface area contributed by atoms with E-state index in [9.17, 15) is 26.4 Å². The van der Waals surface area contributed by atoms with Gasteiger partial charge < -0.3 is 0 Å². The molecule has 0 saturated carbocycles. The number of aromatic nitrogens is 3. The Balaban J connectivity index is 1.89. The predicted octanol–water partition coefficient (Wildman–Crippen LogP) is 3.36. The minimum absolute atomic E-state index is 0.109. The number of nitrogens with zero attached hydrogens (tertiary/aromatic N) is 4. The molecular formula is C17H12ClF3N4O3S. The van der Waals surface area contributed by atoms with Crippen LogP contribution < -0.4 is 4.90 Å². The van der Waals surface area contributed by atoms with Crippen molar-refractivity contribution in [3.8, 4) is 0 Å². The van der Waals surface area contributed by atoms with Crippen molar-refractivity contribution in [3.05, 3.63) is 52.4 Å². The van der Waals surface area contributed by atoms with E-state index in [1.54, 1.807) is 0 Å². The number of fused-ring (bicyclic) bond motifs is 2. The van der Waals surface area contributed by atoms with Crippen LogP contribution in [-0.2, 0) is 22.6 Å². The molecular weight excluding hydrogens is 433 g/mol. The van der Waals surface area contributed by atoms with E-state index in [4.69, 9.17) is 11.6 Å². The van der Waals surface area contributed by atoms with Crippen LogP contribution >= 0.6 is 11.6 Å². The van der Waals surface area contributed by atoms with Gasteiger partial charge in [-0.25, -0.2) is 12.9 Å². The lowest BCUT2D eigenvalue weighted by Crippen LogP contribution is -2.25. The van der Waals surface area contributed by atoms with Gasteiger partial charge in [-0.3, -0.25) is 14.7 Å². The zero-order valence-corrected chi connectivity index (χ0v) is 16.3. The van der Waals surface area contributed by atoms with Gasteiger partial charge in [-0.05, 0) is 18.2 Å². The Morgan fingerprint density at radius 3 is 2.66 bits per heavy atom. The smallest absolute Gasteiger partial charge is 0.284 e. The van der Waals surface area contributed by atoms with E-state index in [1.165, 1.54) is 29.8 Å². The molecule has 0 spiro atoms. The molecule has 1 aliphatic heterocycles. The SMILES string of the molecule is CCS(=O)(=O)c1c(N2Cc3ncc(C(F)(F)F)cc3C2=O)nn2cc(Cl)ccc12. The van der Waals surface area contributed by atoms with E-state index in [-0.39, 0.29) is 39.8 Å². The summed E-state index contributed by atoms with van der Waals surface area (Å²) in [6.07, 6.45) is -2.64. The zero-order chi connectivity index (χ0) is 21.1. The molecule has 0 saturated heterocycles. The molecule has 3 aromatic rings. The maximum Gasteiger partial charge on any atom is 0.417 e. The first-order valence-corrected chi connectivity index (χ1v) is 10.3. The van der Waals surface area contributed by atoms with Crippen molar-refractivity contribution in [1.82, 2.24) is 14.6 Å². The number of hydrogen-bond donors (Lipinski definition) is 0.